The Hall–Kier alpha value is -0.670. The highest BCUT2D eigenvalue weighted by molar-refractivity contribution is 8.00. The Labute approximate surface area is 92.2 Å². The Balaban J connectivity index is 2.32. The van der Waals surface area contributed by atoms with Crippen molar-refractivity contribution in [2.75, 3.05) is 12.8 Å². The molecule has 1 heterocycles. The molecule has 2 nitrogen and oxygen atoms in total. The molecular weight excluding hydrogens is 218 g/mol. The quantitative estimate of drug-likeness (QED) is 0.735. The first-order valence-corrected chi connectivity index (χ1v) is 5.74. The molecule has 1 aromatic rings. The zero-order chi connectivity index (χ0) is 10.1. The van der Waals surface area contributed by atoms with Crippen molar-refractivity contribution >= 4 is 29.3 Å². The van der Waals surface area contributed by atoms with Gasteiger partial charge in [-0.2, -0.15) is 0 Å². The molecule has 14 heavy (non-hydrogen) atoms. The fourth-order valence-electron chi connectivity index (χ4n) is 1.47. The number of carbonyl (C=O) groups is 1. The van der Waals surface area contributed by atoms with Gasteiger partial charge in [0.05, 0.1) is 5.75 Å². The molecule has 1 amide bonds. The van der Waals surface area contributed by atoms with E-state index in [1.807, 2.05) is 31.3 Å². The second-order valence-corrected chi connectivity index (χ2v) is 4.67. The van der Waals surface area contributed by atoms with Crippen molar-refractivity contribution in [2.45, 2.75) is 5.37 Å². The van der Waals surface area contributed by atoms with Crippen LogP contribution >= 0.6 is 23.4 Å². The highest BCUT2D eigenvalue weighted by Crippen LogP contribution is 2.39. The van der Waals surface area contributed by atoms with Crippen molar-refractivity contribution < 1.29 is 4.79 Å². The van der Waals surface area contributed by atoms with Crippen molar-refractivity contribution in [1.29, 1.82) is 0 Å². The van der Waals surface area contributed by atoms with Gasteiger partial charge in [0.2, 0.25) is 5.91 Å². The summed E-state index contributed by atoms with van der Waals surface area (Å²) >= 11 is 7.68. The maximum atomic E-state index is 11.3. The third kappa shape index (κ3) is 1.62. The van der Waals surface area contributed by atoms with Gasteiger partial charge in [0.15, 0.2) is 0 Å². The van der Waals surface area contributed by atoms with E-state index in [0.717, 1.165) is 10.6 Å². The molecule has 2 rings (SSSR count). The summed E-state index contributed by atoms with van der Waals surface area (Å²) in [6.07, 6.45) is 0. The number of carbonyl (C=O) groups excluding carboxylic acids is 1. The summed E-state index contributed by atoms with van der Waals surface area (Å²) in [7, 11) is 1.82. The first-order valence-electron chi connectivity index (χ1n) is 4.32. The molecule has 4 heteroatoms. The maximum absolute atomic E-state index is 11.3. The van der Waals surface area contributed by atoms with E-state index in [1.54, 1.807) is 16.7 Å². The van der Waals surface area contributed by atoms with Gasteiger partial charge in [0, 0.05) is 17.6 Å². The van der Waals surface area contributed by atoms with Gasteiger partial charge in [-0.05, 0) is 6.07 Å². The summed E-state index contributed by atoms with van der Waals surface area (Å²) in [4.78, 5) is 13.1. The third-order valence-electron chi connectivity index (χ3n) is 2.28. The van der Waals surface area contributed by atoms with Gasteiger partial charge in [-0.1, -0.05) is 29.8 Å². The van der Waals surface area contributed by atoms with Gasteiger partial charge < -0.3 is 4.90 Å². The van der Waals surface area contributed by atoms with Crippen molar-refractivity contribution in [3.8, 4) is 0 Å². The highest BCUT2D eigenvalue weighted by Gasteiger charge is 2.30. The van der Waals surface area contributed by atoms with Crippen LogP contribution in [-0.4, -0.2) is 23.6 Å². The molecular formula is C10H10ClNOS. The van der Waals surface area contributed by atoms with Gasteiger partial charge in [-0.15, -0.1) is 11.8 Å². The molecule has 0 saturated carbocycles. The molecule has 1 aromatic carbocycles. The third-order valence-corrected chi connectivity index (χ3v) is 3.92. The lowest BCUT2D eigenvalue weighted by molar-refractivity contribution is -0.126. The van der Waals surface area contributed by atoms with Crippen molar-refractivity contribution in [3.05, 3.63) is 34.9 Å². The smallest absolute Gasteiger partial charge is 0.233 e. The van der Waals surface area contributed by atoms with Gasteiger partial charge >= 0.3 is 0 Å². The molecule has 0 unspecified atom stereocenters. The summed E-state index contributed by atoms with van der Waals surface area (Å²) in [5.41, 5.74) is 1.02. The molecule has 0 spiro atoms. The summed E-state index contributed by atoms with van der Waals surface area (Å²) < 4.78 is 0. The lowest BCUT2D eigenvalue weighted by Crippen LogP contribution is -2.23. The van der Waals surface area contributed by atoms with E-state index in [1.165, 1.54) is 0 Å². The van der Waals surface area contributed by atoms with Crippen LogP contribution in [0.5, 0.6) is 0 Å². The van der Waals surface area contributed by atoms with E-state index in [4.69, 9.17) is 11.6 Å². The number of halogens is 1. The summed E-state index contributed by atoms with van der Waals surface area (Å²) in [5.74, 6) is 0.715. The summed E-state index contributed by atoms with van der Waals surface area (Å²) in [6, 6.07) is 7.66. The number of hydrogen-bond acceptors (Lipinski definition) is 2. The molecule has 1 aliphatic heterocycles. The van der Waals surface area contributed by atoms with E-state index < -0.39 is 0 Å². The molecule has 1 atom stereocenters. The van der Waals surface area contributed by atoms with Crippen LogP contribution in [0.1, 0.15) is 10.9 Å². The first-order chi connectivity index (χ1) is 6.70. The van der Waals surface area contributed by atoms with Crippen LogP contribution in [0.4, 0.5) is 0 Å². The SMILES string of the molecule is CN1C(=O)CS[C@H]1c1ccccc1Cl. The lowest BCUT2D eigenvalue weighted by atomic mass is 10.2. The number of rotatable bonds is 1. The molecule has 1 aliphatic rings. The zero-order valence-corrected chi connectivity index (χ0v) is 9.31. The van der Waals surface area contributed by atoms with Gasteiger partial charge in [0.1, 0.15) is 5.37 Å². The van der Waals surface area contributed by atoms with E-state index in [-0.39, 0.29) is 11.3 Å². The molecule has 0 radical (unpaired) electrons. The highest BCUT2D eigenvalue weighted by atomic mass is 35.5. The Bertz CT molecular complexity index is 369. The van der Waals surface area contributed by atoms with Crippen LogP contribution in [0.2, 0.25) is 5.02 Å². The largest absolute Gasteiger partial charge is 0.329 e. The minimum Gasteiger partial charge on any atom is -0.329 e. The molecule has 0 N–H and O–H groups in total. The fourth-order valence-corrected chi connectivity index (χ4v) is 3.00. The minimum absolute atomic E-state index is 0.0798. The number of thioether (sulfide) groups is 1. The van der Waals surface area contributed by atoms with E-state index in [0.29, 0.717) is 5.75 Å². The maximum Gasteiger partial charge on any atom is 0.233 e. The lowest BCUT2D eigenvalue weighted by Gasteiger charge is -2.19. The number of nitrogens with zero attached hydrogens (tertiary/aromatic N) is 1. The summed E-state index contributed by atoms with van der Waals surface area (Å²) in [5, 5.41) is 0.808. The predicted octanol–water partition coefficient (Wildman–Crippen LogP) is 2.54. The average Bonchev–Trinajstić information content (AvgIpc) is 2.49. The van der Waals surface area contributed by atoms with Gasteiger partial charge in [-0.25, -0.2) is 0 Å². The number of hydrogen-bond donors (Lipinski definition) is 0. The summed E-state index contributed by atoms with van der Waals surface area (Å²) in [6.45, 7) is 0. The molecule has 0 aliphatic carbocycles. The second-order valence-electron chi connectivity index (χ2n) is 3.19. The molecule has 1 fully saturated rings. The first kappa shape index (κ1) is 9.87. The average molecular weight is 228 g/mol. The van der Waals surface area contributed by atoms with Crippen LogP contribution < -0.4 is 0 Å². The van der Waals surface area contributed by atoms with Crippen molar-refractivity contribution in [1.82, 2.24) is 4.90 Å². The van der Waals surface area contributed by atoms with Gasteiger partial charge in [0.25, 0.3) is 0 Å². The fraction of sp³-hybridized carbons (Fsp3) is 0.300. The van der Waals surface area contributed by atoms with Crippen LogP contribution in [0.25, 0.3) is 0 Å². The zero-order valence-electron chi connectivity index (χ0n) is 7.74. The molecule has 1 saturated heterocycles. The molecule has 0 aromatic heterocycles. The normalized spacial score (nSPS) is 21.7. The van der Waals surface area contributed by atoms with Gasteiger partial charge in [-0.3, -0.25) is 4.79 Å². The Kier molecular flexibility index (Phi) is 2.70. The topological polar surface area (TPSA) is 20.3 Å². The predicted molar refractivity (Wildman–Crippen MR) is 59.4 cm³/mol. The van der Waals surface area contributed by atoms with Crippen LogP contribution in [0.3, 0.4) is 0 Å². The Morgan fingerprint density at radius 2 is 2.21 bits per heavy atom. The second kappa shape index (κ2) is 3.83. The van der Waals surface area contributed by atoms with E-state index in [2.05, 4.69) is 0 Å². The van der Waals surface area contributed by atoms with Crippen molar-refractivity contribution in [3.63, 3.8) is 0 Å². The minimum atomic E-state index is 0.0798. The molecule has 74 valence electrons. The number of amides is 1. The van der Waals surface area contributed by atoms with Crippen LogP contribution in [0, 0.1) is 0 Å². The monoisotopic (exact) mass is 227 g/mol. The van der Waals surface area contributed by atoms with Crippen LogP contribution in [0.15, 0.2) is 24.3 Å². The van der Waals surface area contributed by atoms with E-state index >= 15 is 0 Å². The van der Waals surface area contributed by atoms with Crippen molar-refractivity contribution in [2.24, 2.45) is 0 Å². The molecule has 0 bridgehead atoms. The van der Waals surface area contributed by atoms with Crippen LogP contribution in [-0.2, 0) is 4.79 Å². The van der Waals surface area contributed by atoms with E-state index in [9.17, 15) is 4.79 Å². The Morgan fingerprint density at radius 1 is 1.50 bits per heavy atom. The standard InChI is InChI=1S/C10H10ClNOS/c1-12-9(13)6-14-10(12)7-4-2-3-5-8(7)11/h2-5,10H,6H2,1H3/t10-/m0/s1. The Morgan fingerprint density at radius 3 is 2.79 bits per heavy atom. The number of benzene rings is 1.